The average molecular weight is 264 g/mol. The molecular weight excluding hydrogens is 236 g/mol. The SMILES string of the molecule is CCC(C)(C)N(C)c1ncc(CNC(C)C)c(C)n1. The Kier molecular flexibility index (Phi) is 5.29. The van der Waals surface area contributed by atoms with Crippen LogP contribution in [0.3, 0.4) is 0 Å². The van der Waals surface area contributed by atoms with E-state index in [1.54, 1.807) is 0 Å². The van der Waals surface area contributed by atoms with Crippen LogP contribution in [-0.4, -0.2) is 28.6 Å². The third kappa shape index (κ3) is 4.16. The number of nitrogens with one attached hydrogen (secondary N) is 1. The summed E-state index contributed by atoms with van der Waals surface area (Å²) in [5, 5.41) is 3.40. The van der Waals surface area contributed by atoms with Gasteiger partial charge in [0, 0.05) is 42.6 Å². The highest BCUT2D eigenvalue weighted by atomic mass is 15.3. The molecule has 0 aliphatic rings. The van der Waals surface area contributed by atoms with Crippen molar-refractivity contribution in [1.82, 2.24) is 15.3 Å². The van der Waals surface area contributed by atoms with Crippen LogP contribution in [0.4, 0.5) is 5.95 Å². The summed E-state index contributed by atoms with van der Waals surface area (Å²) in [6.45, 7) is 13.8. The number of hydrogen-bond donors (Lipinski definition) is 1. The van der Waals surface area contributed by atoms with Crippen molar-refractivity contribution < 1.29 is 0 Å². The van der Waals surface area contributed by atoms with Crippen molar-refractivity contribution in [1.29, 1.82) is 0 Å². The minimum Gasteiger partial charge on any atom is -0.339 e. The molecule has 108 valence electrons. The lowest BCUT2D eigenvalue weighted by Crippen LogP contribution is -2.41. The van der Waals surface area contributed by atoms with E-state index in [1.807, 2.05) is 6.20 Å². The van der Waals surface area contributed by atoms with E-state index in [2.05, 4.69) is 68.8 Å². The van der Waals surface area contributed by atoms with E-state index in [4.69, 9.17) is 0 Å². The molecule has 19 heavy (non-hydrogen) atoms. The number of aromatic nitrogens is 2. The number of aryl methyl sites for hydroxylation is 1. The van der Waals surface area contributed by atoms with Crippen molar-refractivity contribution in [2.75, 3.05) is 11.9 Å². The molecular formula is C15H28N4. The molecule has 0 aromatic carbocycles. The van der Waals surface area contributed by atoms with Crippen molar-refractivity contribution in [2.24, 2.45) is 0 Å². The summed E-state index contributed by atoms with van der Waals surface area (Å²) in [7, 11) is 2.06. The number of rotatable bonds is 6. The Balaban J connectivity index is 2.87. The third-order valence-electron chi connectivity index (χ3n) is 3.84. The van der Waals surface area contributed by atoms with Crippen LogP contribution in [0.25, 0.3) is 0 Å². The normalized spacial score (nSPS) is 12.0. The molecule has 0 bridgehead atoms. The summed E-state index contributed by atoms with van der Waals surface area (Å²) in [4.78, 5) is 11.3. The third-order valence-corrected chi connectivity index (χ3v) is 3.84. The molecule has 0 atom stereocenters. The average Bonchev–Trinajstić information content (AvgIpc) is 2.36. The Labute approximate surface area is 117 Å². The first-order valence-corrected chi connectivity index (χ1v) is 7.07. The van der Waals surface area contributed by atoms with Gasteiger partial charge in [0.05, 0.1) is 0 Å². The molecule has 0 radical (unpaired) electrons. The van der Waals surface area contributed by atoms with E-state index < -0.39 is 0 Å². The summed E-state index contributed by atoms with van der Waals surface area (Å²) >= 11 is 0. The molecule has 1 aromatic heterocycles. The minimum absolute atomic E-state index is 0.0736. The number of anilines is 1. The van der Waals surface area contributed by atoms with Crippen LogP contribution in [0, 0.1) is 6.92 Å². The van der Waals surface area contributed by atoms with Gasteiger partial charge in [-0.05, 0) is 27.2 Å². The summed E-state index contributed by atoms with van der Waals surface area (Å²) in [6, 6.07) is 0.473. The van der Waals surface area contributed by atoms with Gasteiger partial charge in [-0.25, -0.2) is 9.97 Å². The van der Waals surface area contributed by atoms with Crippen LogP contribution in [-0.2, 0) is 6.54 Å². The van der Waals surface area contributed by atoms with E-state index in [0.717, 1.165) is 24.6 Å². The van der Waals surface area contributed by atoms with Crippen LogP contribution in [0.5, 0.6) is 0 Å². The fourth-order valence-electron chi connectivity index (χ4n) is 1.64. The summed E-state index contributed by atoms with van der Waals surface area (Å²) in [6.07, 6.45) is 3.00. The molecule has 0 aliphatic carbocycles. The Morgan fingerprint density at radius 2 is 2.00 bits per heavy atom. The van der Waals surface area contributed by atoms with E-state index in [9.17, 15) is 0 Å². The highest BCUT2D eigenvalue weighted by Gasteiger charge is 2.23. The van der Waals surface area contributed by atoms with Gasteiger partial charge in [-0.3, -0.25) is 0 Å². The molecule has 1 heterocycles. The standard InChI is InChI=1S/C15H28N4/c1-8-15(5,6)19(7)14-17-10-13(12(4)18-14)9-16-11(2)3/h10-11,16H,8-9H2,1-7H3. The maximum absolute atomic E-state index is 4.64. The van der Waals surface area contributed by atoms with Crippen molar-refractivity contribution in [3.05, 3.63) is 17.5 Å². The summed E-state index contributed by atoms with van der Waals surface area (Å²) < 4.78 is 0. The summed E-state index contributed by atoms with van der Waals surface area (Å²) in [5.74, 6) is 0.803. The fraction of sp³-hybridized carbons (Fsp3) is 0.733. The molecule has 0 saturated carbocycles. The fourth-order valence-corrected chi connectivity index (χ4v) is 1.64. The van der Waals surface area contributed by atoms with Crippen molar-refractivity contribution >= 4 is 5.95 Å². The molecule has 0 unspecified atom stereocenters. The first-order valence-electron chi connectivity index (χ1n) is 7.07. The first-order chi connectivity index (χ1) is 8.77. The van der Waals surface area contributed by atoms with E-state index in [0.29, 0.717) is 6.04 Å². The van der Waals surface area contributed by atoms with Crippen LogP contribution in [0.2, 0.25) is 0 Å². The van der Waals surface area contributed by atoms with Gasteiger partial charge in [-0.2, -0.15) is 0 Å². The van der Waals surface area contributed by atoms with Gasteiger partial charge in [-0.1, -0.05) is 20.8 Å². The molecule has 1 aromatic rings. The van der Waals surface area contributed by atoms with Gasteiger partial charge in [0.2, 0.25) is 5.95 Å². The second kappa shape index (κ2) is 6.33. The van der Waals surface area contributed by atoms with Crippen LogP contribution >= 0.6 is 0 Å². The largest absolute Gasteiger partial charge is 0.339 e. The minimum atomic E-state index is 0.0736. The van der Waals surface area contributed by atoms with Crippen LogP contribution in [0.15, 0.2) is 6.20 Å². The van der Waals surface area contributed by atoms with Crippen molar-refractivity contribution in [2.45, 2.75) is 66.1 Å². The molecule has 0 saturated heterocycles. The second-order valence-electron chi connectivity index (χ2n) is 6.04. The topological polar surface area (TPSA) is 41.1 Å². The molecule has 1 N–H and O–H groups in total. The van der Waals surface area contributed by atoms with Crippen molar-refractivity contribution in [3.63, 3.8) is 0 Å². The molecule has 0 fully saturated rings. The molecule has 0 amide bonds. The lowest BCUT2D eigenvalue weighted by Gasteiger charge is -2.35. The first kappa shape index (κ1) is 15.9. The number of nitrogens with zero attached hydrogens (tertiary/aromatic N) is 3. The predicted molar refractivity (Wildman–Crippen MR) is 81.5 cm³/mol. The molecule has 4 nitrogen and oxygen atoms in total. The zero-order valence-corrected chi connectivity index (χ0v) is 13.4. The molecule has 0 aliphatic heterocycles. The monoisotopic (exact) mass is 264 g/mol. The van der Waals surface area contributed by atoms with Crippen LogP contribution in [0.1, 0.15) is 52.3 Å². The molecule has 1 rings (SSSR count). The summed E-state index contributed by atoms with van der Waals surface area (Å²) in [5.41, 5.74) is 2.29. The van der Waals surface area contributed by atoms with Gasteiger partial charge in [-0.15, -0.1) is 0 Å². The van der Waals surface area contributed by atoms with E-state index in [-0.39, 0.29) is 5.54 Å². The van der Waals surface area contributed by atoms with Gasteiger partial charge in [0.1, 0.15) is 0 Å². The second-order valence-corrected chi connectivity index (χ2v) is 6.04. The van der Waals surface area contributed by atoms with E-state index >= 15 is 0 Å². The predicted octanol–water partition coefficient (Wildman–Crippen LogP) is 2.91. The lowest BCUT2D eigenvalue weighted by atomic mass is 10.0. The van der Waals surface area contributed by atoms with E-state index in [1.165, 1.54) is 5.56 Å². The van der Waals surface area contributed by atoms with Crippen molar-refractivity contribution in [3.8, 4) is 0 Å². The quantitative estimate of drug-likeness (QED) is 0.857. The maximum atomic E-state index is 4.64. The zero-order chi connectivity index (χ0) is 14.6. The van der Waals surface area contributed by atoms with Gasteiger partial charge >= 0.3 is 0 Å². The smallest absolute Gasteiger partial charge is 0.225 e. The molecule has 4 heteroatoms. The van der Waals surface area contributed by atoms with Crippen LogP contribution < -0.4 is 10.2 Å². The zero-order valence-electron chi connectivity index (χ0n) is 13.4. The highest BCUT2D eigenvalue weighted by molar-refractivity contribution is 5.35. The lowest BCUT2D eigenvalue weighted by molar-refractivity contribution is 0.462. The van der Waals surface area contributed by atoms with Gasteiger partial charge in [0.15, 0.2) is 0 Å². The maximum Gasteiger partial charge on any atom is 0.225 e. The van der Waals surface area contributed by atoms with Gasteiger partial charge in [0.25, 0.3) is 0 Å². The Morgan fingerprint density at radius 1 is 1.37 bits per heavy atom. The highest BCUT2D eigenvalue weighted by Crippen LogP contribution is 2.22. The Morgan fingerprint density at radius 3 is 2.47 bits per heavy atom. The Bertz CT molecular complexity index is 413. The Hall–Kier alpha value is -1.16. The van der Waals surface area contributed by atoms with Gasteiger partial charge < -0.3 is 10.2 Å². The number of hydrogen-bond acceptors (Lipinski definition) is 4. The molecule has 0 spiro atoms.